The maximum atomic E-state index is 12.8. The summed E-state index contributed by atoms with van der Waals surface area (Å²) in [6, 6.07) is 16.5. The van der Waals surface area contributed by atoms with Crippen LogP contribution >= 0.6 is 11.3 Å². The van der Waals surface area contributed by atoms with Crippen LogP contribution in [0.5, 0.6) is 5.06 Å². The molecule has 0 unspecified atom stereocenters. The van der Waals surface area contributed by atoms with E-state index in [-0.39, 0.29) is 6.61 Å². The van der Waals surface area contributed by atoms with Gasteiger partial charge < -0.3 is 4.74 Å². The van der Waals surface area contributed by atoms with Crippen molar-refractivity contribution in [2.45, 2.75) is 12.8 Å². The molecule has 126 valence electrons. The standard InChI is InChI=1S/C19H12F3NOS/c20-19(21,22)15-8-4-5-13(9-15)11-24-18-16(10-23)17(12-25-18)14-6-2-1-3-7-14/h1-9,12H,11H2. The van der Waals surface area contributed by atoms with Crippen LogP contribution in [-0.2, 0) is 12.8 Å². The van der Waals surface area contributed by atoms with Gasteiger partial charge >= 0.3 is 6.18 Å². The summed E-state index contributed by atoms with van der Waals surface area (Å²) in [4.78, 5) is 0. The molecule has 0 saturated heterocycles. The Balaban J connectivity index is 1.81. The molecule has 0 spiro atoms. The van der Waals surface area contributed by atoms with Gasteiger partial charge in [-0.25, -0.2) is 0 Å². The summed E-state index contributed by atoms with van der Waals surface area (Å²) in [6.07, 6.45) is -4.39. The molecule has 6 heteroatoms. The van der Waals surface area contributed by atoms with Crippen LogP contribution < -0.4 is 4.74 Å². The Kier molecular flexibility index (Phi) is 4.77. The second-order valence-electron chi connectivity index (χ2n) is 5.28. The van der Waals surface area contributed by atoms with Crippen LogP contribution in [0.2, 0.25) is 0 Å². The molecule has 0 atom stereocenters. The van der Waals surface area contributed by atoms with Crippen molar-refractivity contribution < 1.29 is 17.9 Å². The van der Waals surface area contributed by atoms with E-state index in [2.05, 4.69) is 6.07 Å². The monoisotopic (exact) mass is 359 g/mol. The number of ether oxygens (including phenoxy) is 1. The van der Waals surface area contributed by atoms with Gasteiger partial charge in [0.1, 0.15) is 18.2 Å². The lowest BCUT2D eigenvalue weighted by Crippen LogP contribution is -2.06. The molecule has 0 radical (unpaired) electrons. The Labute approximate surface area is 146 Å². The first-order chi connectivity index (χ1) is 12.0. The van der Waals surface area contributed by atoms with Gasteiger partial charge in [-0.05, 0) is 23.3 Å². The third-order valence-electron chi connectivity index (χ3n) is 3.58. The maximum Gasteiger partial charge on any atom is 0.416 e. The molecule has 25 heavy (non-hydrogen) atoms. The van der Waals surface area contributed by atoms with Crippen LogP contribution in [0.1, 0.15) is 16.7 Å². The summed E-state index contributed by atoms with van der Waals surface area (Å²) in [6.45, 7) is -0.0344. The van der Waals surface area contributed by atoms with E-state index in [0.29, 0.717) is 16.2 Å². The van der Waals surface area contributed by atoms with E-state index in [9.17, 15) is 18.4 Å². The number of rotatable bonds is 4. The number of hydrogen-bond acceptors (Lipinski definition) is 3. The molecule has 0 fully saturated rings. The van der Waals surface area contributed by atoms with Crippen molar-refractivity contribution in [2.24, 2.45) is 0 Å². The van der Waals surface area contributed by atoms with Crippen LogP contribution in [0, 0.1) is 11.3 Å². The zero-order valence-corrected chi connectivity index (χ0v) is 13.7. The lowest BCUT2D eigenvalue weighted by molar-refractivity contribution is -0.137. The second-order valence-corrected chi connectivity index (χ2v) is 6.12. The van der Waals surface area contributed by atoms with Gasteiger partial charge in [0.15, 0.2) is 5.06 Å². The second kappa shape index (κ2) is 6.99. The first kappa shape index (κ1) is 17.1. The molecule has 1 aromatic heterocycles. The fourth-order valence-corrected chi connectivity index (χ4v) is 3.25. The molecule has 0 amide bonds. The molecule has 0 N–H and O–H groups in total. The summed E-state index contributed by atoms with van der Waals surface area (Å²) >= 11 is 1.26. The number of halogens is 3. The number of nitriles is 1. The van der Waals surface area contributed by atoms with Gasteiger partial charge in [0.05, 0.1) is 5.56 Å². The van der Waals surface area contributed by atoms with E-state index in [1.807, 2.05) is 35.7 Å². The van der Waals surface area contributed by atoms with Crippen molar-refractivity contribution in [3.8, 4) is 22.3 Å². The summed E-state index contributed by atoms with van der Waals surface area (Å²) < 4.78 is 43.9. The highest BCUT2D eigenvalue weighted by Crippen LogP contribution is 2.37. The average molecular weight is 359 g/mol. The van der Waals surface area contributed by atoms with Gasteiger partial charge in [-0.15, -0.1) is 11.3 Å². The van der Waals surface area contributed by atoms with E-state index in [0.717, 1.165) is 23.3 Å². The predicted molar refractivity (Wildman–Crippen MR) is 90.2 cm³/mol. The van der Waals surface area contributed by atoms with Crippen LogP contribution in [0.3, 0.4) is 0 Å². The quantitative estimate of drug-likeness (QED) is 0.582. The van der Waals surface area contributed by atoms with Crippen LogP contribution in [0.25, 0.3) is 11.1 Å². The molecule has 0 aliphatic heterocycles. The lowest BCUT2D eigenvalue weighted by Gasteiger charge is -2.09. The van der Waals surface area contributed by atoms with Gasteiger partial charge in [-0.3, -0.25) is 0 Å². The van der Waals surface area contributed by atoms with Crippen molar-refractivity contribution in [2.75, 3.05) is 0 Å². The molecular formula is C19H12F3NOS. The van der Waals surface area contributed by atoms with E-state index < -0.39 is 11.7 Å². The maximum absolute atomic E-state index is 12.8. The molecule has 0 aliphatic carbocycles. The molecule has 2 nitrogen and oxygen atoms in total. The largest absolute Gasteiger partial charge is 0.478 e. The van der Waals surface area contributed by atoms with Gasteiger partial charge in [-0.2, -0.15) is 18.4 Å². The molecular weight excluding hydrogens is 347 g/mol. The third-order valence-corrected chi connectivity index (χ3v) is 4.47. The van der Waals surface area contributed by atoms with E-state index in [1.165, 1.54) is 17.4 Å². The number of nitrogens with zero attached hydrogens (tertiary/aromatic N) is 1. The summed E-state index contributed by atoms with van der Waals surface area (Å²) in [5, 5.41) is 11.6. The molecule has 0 bridgehead atoms. The van der Waals surface area contributed by atoms with E-state index in [4.69, 9.17) is 4.74 Å². The van der Waals surface area contributed by atoms with Gasteiger partial charge in [0, 0.05) is 10.9 Å². The third kappa shape index (κ3) is 3.83. The van der Waals surface area contributed by atoms with Crippen LogP contribution in [-0.4, -0.2) is 0 Å². The minimum Gasteiger partial charge on any atom is -0.478 e. The van der Waals surface area contributed by atoms with E-state index in [1.54, 1.807) is 6.07 Å². The minimum atomic E-state index is -4.39. The summed E-state index contributed by atoms with van der Waals surface area (Å²) in [5.41, 5.74) is 1.72. The fraction of sp³-hybridized carbons (Fsp3) is 0.105. The zero-order chi connectivity index (χ0) is 17.9. The molecule has 3 rings (SSSR count). The first-order valence-electron chi connectivity index (χ1n) is 7.35. The first-order valence-corrected chi connectivity index (χ1v) is 8.23. The molecule has 0 aliphatic rings. The molecule has 0 saturated carbocycles. The lowest BCUT2D eigenvalue weighted by atomic mass is 10.1. The van der Waals surface area contributed by atoms with Gasteiger partial charge in [-0.1, -0.05) is 42.5 Å². The molecule has 3 aromatic rings. The highest BCUT2D eigenvalue weighted by molar-refractivity contribution is 7.12. The number of thiophene rings is 1. The fourth-order valence-electron chi connectivity index (χ4n) is 2.37. The Morgan fingerprint density at radius 2 is 1.80 bits per heavy atom. The summed E-state index contributed by atoms with van der Waals surface area (Å²) in [7, 11) is 0. The Morgan fingerprint density at radius 1 is 1.04 bits per heavy atom. The summed E-state index contributed by atoms with van der Waals surface area (Å²) in [5.74, 6) is 0. The van der Waals surface area contributed by atoms with Crippen molar-refractivity contribution >= 4 is 11.3 Å². The van der Waals surface area contributed by atoms with Crippen LogP contribution in [0.15, 0.2) is 60.0 Å². The van der Waals surface area contributed by atoms with Crippen molar-refractivity contribution in [3.05, 3.63) is 76.7 Å². The smallest absolute Gasteiger partial charge is 0.416 e. The Bertz CT molecular complexity index is 910. The zero-order valence-electron chi connectivity index (χ0n) is 12.9. The van der Waals surface area contributed by atoms with Crippen LogP contribution in [0.4, 0.5) is 13.2 Å². The van der Waals surface area contributed by atoms with Crippen molar-refractivity contribution in [1.82, 2.24) is 0 Å². The molecule has 2 aromatic carbocycles. The van der Waals surface area contributed by atoms with Crippen molar-refractivity contribution in [3.63, 3.8) is 0 Å². The van der Waals surface area contributed by atoms with E-state index >= 15 is 0 Å². The topological polar surface area (TPSA) is 33.0 Å². The van der Waals surface area contributed by atoms with Crippen molar-refractivity contribution in [1.29, 1.82) is 5.26 Å². The highest BCUT2D eigenvalue weighted by atomic mass is 32.1. The number of alkyl halides is 3. The van der Waals surface area contributed by atoms with Gasteiger partial charge in [0.25, 0.3) is 0 Å². The minimum absolute atomic E-state index is 0.0344. The normalized spacial score (nSPS) is 11.1. The molecule has 1 heterocycles. The Hall–Kier alpha value is -2.78. The number of hydrogen-bond donors (Lipinski definition) is 0. The van der Waals surface area contributed by atoms with Gasteiger partial charge in [0.2, 0.25) is 0 Å². The Morgan fingerprint density at radius 3 is 2.48 bits per heavy atom. The average Bonchev–Trinajstić information content (AvgIpc) is 3.03. The number of benzene rings is 2. The SMILES string of the molecule is N#Cc1c(-c2ccccc2)csc1OCc1cccc(C(F)(F)F)c1. The predicted octanol–water partition coefficient (Wildman–Crippen LogP) is 5.88. The highest BCUT2D eigenvalue weighted by Gasteiger charge is 2.30.